The first kappa shape index (κ1) is 11.7. The summed E-state index contributed by atoms with van der Waals surface area (Å²) in [5.41, 5.74) is 2.15. The van der Waals surface area contributed by atoms with Gasteiger partial charge in [-0.05, 0) is 24.5 Å². The highest BCUT2D eigenvalue weighted by Crippen LogP contribution is 2.25. The van der Waals surface area contributed by atoms with Crippen LogP contribution in [0.2, 0.25) is 0 Å². The van der Waals surface area contributed by atoms with Gasteiger partial charge in [0.1, 0.15) is 0 Å². The first-order valence-electron chi connectivity index (χ1n) is 5.56. The van der Waals surface area contributed by atoms with E-state index in [1.807, 2.05) is 23.9 Å². The van der Waals surface area contributed by atoms with E-state index in [0.717, 1.165) is 22.9 Å². The Balaban J connectivity index is 2.60. The highest BCUT2D eigenvalue weighted by atomic mass is 16.4. The Morgan fingerprint density at radius 2 is 2.18 bits per heavy atom. The zero-order valence-electron chi connectivity index (χ0n) is 9.68. The van der Waals surface area contributed by atoms with Crippen LogP contribution in [0.4, 0.5) is 0 Å². The molecule has 17 heavy (non-hydrogen) atoms. The summed E-state index contributed by atoms with van der Waals surface area (Å²) in [4.78, 5) is 11.1. The van der Waals surface area contributed by atoms with Gasteiger partial charge in [0.05, 0.1) is 11.1 Å². The number of rotatable bonds is 4. The van der Waals surface area contributed by atoms with Crippen LogP contribution >= 0.6 is 0 Å². The zero-order chi connectivity index (χ0) is 12.4. The molecule has 1 heterocycles. The van der Waals surface area contributed by atoms with Crippen LogP contribution in [0, 0.1) is 0 Å². The summed E-state index contributed by atoms with van der Waals surface area (Å²) in [5, 5.41) is 18.9. The van der Waals surface area contributed by atoms with E-state index in [2.05, 4.69) is 0 Å². The van der Waals surface area contributed by atoms with Crippen LogP contribution in [-0.4, -0.2) is 27.4 Å². The van der Waals surface area contributed by atoms with Crippen molar-refractivity contribution in [3.63, 3.8) is 0 Å². The quantitative estimate of drug-likeness (QED) is 0.846. The van der Waals surface area contributed by atoms with Gasteiger partial charge in [0.2, 0.25) is 0 Å². The number of aryl methyl sites for hydroxylation is 2. The average Bonchev–Trinajstić information content (AvgIpc) is 2.64. The van der Waals surface area contributed by atoms with Gasteiger partial charge < -0.3 is 14.8 Å². The number of aromatic carboxylic acids is 1. The van der Waals surface area contributed by atoms with Crippen LogP contribution in [0.25, 0.3) is 10.9 Å². The van der Waals surface area contributed by atoms with E-state index in [9.17, 15) is 4.79 Å². The fourth-order valence-corrected chi connectivity index (χ4v) is 2.19. The SMILES string of the molecule is Cn1cc(CCCO)c2cccc(C(=O)O)c21. The van der Waals surface area contributed by atoms with E-state index in [1.54, 1.807) is 12.1 Å². The Labute approximate surface area is 99.1 Å². The third-order valence-corrected chi connectivity index (χ3v) is 2.92. The van der Waals surface area contributed by atoms with Crippen LogP contribution in [0.3, 0.4) is 0 Å². The molecule has 4 heteroatoms. The Morgan fingerprint density at radius 3 is 2.82 bits per heavy atom. The Bertz CT molecular complexity index is 557. The molecule has 0 spiro atoms. The van der Waals surface area contributed by atoms with Crippen molar-refractivity contribution < 1.29 is 15.0 Å². The highest BCUT2D eigenvalue weighted by Gasteiger charge is 2.13. The molecule has 0 aliphatic rings. The second-order valence-electron chi connectivity index (χ2n) is 4.10. The molecule has 2 aromatic rings. The second-order valence-corrected chi connectivity index (χ2v) is 4.10. The van der Waals surface area contributed by atoms with Gasteiger partial charge in [0.15, 0.2) is 0 Å². The topological polar surface area (TPSA) is 62.5 Å². The molecular formula is C13H15NO3. The number of aliphatic hydroxyl groups excluding tert-OH is 1. The number of hydrogen-bond acceptors (Lipinski definition) is 2. The number of carboxylic acids is 1. The van der Waals surface area contributed by atoms with Crippen molar-refractivity contribution >= 4 is 16.9 Å². The Morgan fingerprint density at radius 1 is 1.41 bits per heavy atom. The van der Waals surface area contributed by atoms with Crippen molar-refractivity contribution in [2.24, 2.45) is 7.05 Å². The van der Waals surface area contributed by atoms with Gasteiger partial charge in [-0.15, -0.1) is 0 Å². The minimum atomic E-state index is -0.912. The minimum absolute atomic E-state index is 0.148. The van der Waals surface area contributed by atoms with E-state index < -0.39 is 5.97 Å². The summed E-state index contributed by atoms with van der Waals surface area (Å²) >= 11 is 0. The minimum Gasteiger partial charge on any atom is -0.478 e. The number of benzene rings is 1. The molecule has 1 aromatic carbocycles. The first-order valence-corrected chi connectivity index (χ1v) is 5.56. The number of hydrogen-bond donors (Lipinski definition) is 2. The largest absolute Gasteiger partial charge is 0.478 e. The average molecular weight is 233 g/mol. The van der Waals surface area contributed by atoms with Crippen LogP contribution in [0.15, 0.2) is 24.4 Å². The van der Waals surface area contributed by atoms with E-state index in [-0.39, 0.29) is 6.61 Å². The molecular weight excluding hydrogens is 218 g/mol. The van der Waals surface area contributed by atoms with Gasteiger partial charge >= 0.3 is 5.97 Å². The lowest BCUT2D eigenvalue weighted by Crippen LogP contribution is -1.99. The number of aliphatic hydroxyl groups is 1. The molecule has 0 aliphatic heterocycles. The molecule has 90 valence electrons. The second kappa shape index (κ2) is 4.59. The third-order valence-electron chi connectivity index (χ3n) is 2.92. The van der Waals surface area contributed by atoms with Crippen LogP contribution in [-0.2, 0) is 13.5 Å². The van der Waals surface area contributed by atoms with Gasteiger partial charge in [0, 0.05) is 25.2 Å². The fourth-order valence-electron chi connectivity index (χ4n) is 2.19. The molecule has 2 rings (SSSR count). The predicted octanol–water partition coefficient (Wildman–Crippen LogP) is 1.80. The van der Waals surface area contributed by atoms with Gasteiger partial charge in [-0.1, -0.05) is 12.1 Å². The number of nitrogens with zero attached hydrogens (tertiary/aromatic N) is 1. The summed E-state index contributed by atoms with van der Waals surface area (Å²) < 4.78 is 1.84. The molecule has 0 unspecified atom stereocenters. The summed E-state index contributed by atoms with van der Waals surface area (Å²) in [6, 6.07) is 5.29. The van der Waals surface area contributed by atoms with Gasteiger partial charge in [-0.25, -0.2) is 4.79 Å². The molecule has 0 fully saturated rings. The van der Waals surface area contributed by atoms with Crippen LogP contribution in [0.5, 0.6) is 0 Å². The third kappa shape index (κ3) is 2.03. The van der Waals surface area contributed by atoms with E-state index in [0.29, 0.717) is 12.0 Å². The molecule has 0 radical (unpaired) electrons. The van der Waals surface area contributed by atoms with Crippen molar-refractivity contribution in [1.29, 1.82) is 0 Å². The lowest BCUT2D eigenvalue weighted by molar-refractivity contribution is 0.0698. The normalized spacial score (nSPS) is 10.9. The molecule has 4 nitrogen and oxygen atoms in total. The molecule has 0 bridgehead atoms. The summed E-state index contributed by atoms with van der Waals surface area (Å²) in [7, 11) is 1.84. The van der Waals surface area contributed by atoms with Crippen molar-refractivity contribution in [3.05, 3.63) is 35.5 Å². The van der Waals surface area contributed by atoms with Crippen molar-refractivity contribution in [2.45, 2.75) is 12.8 Å². The maximum Gasteiger partial charge on any atom is 0.337 e. The molecule has 0 amide bonds. The molecule has 0 aliphatic carbocycles. The number of carboxylic acid groups (broad SMARTS) is 1. The Hall–Kier alpha value is -1.81. The molecule has 1 aromatic heterocycles. The first-order chi connectivity index (χ1) is 8.15. The van der Waals surface area contributed by atoms with Gasteiger partial charge in [-0.2, -0.15) is 0 Å². The smallest absolute Gasteiger partial charge is 0.337 e. The van der Waals surface area contributed by atoms with E-state index in [1.165, 1.54) is 0 Å². The van der Waals surface area contributed by atoms with Crippen molar-refractivity contribution in [1.82, 2.24) is 4.57 Å². The lowest BCUT2D eigenvalue weighted by atomic mass is 10.1. The lowest BCUT2D eigenvalue weighted by Gasteiger charge is -2.01. The maximum absolute atomic E-state index is 11.1. The van der Waals surface area contributed by atoms with Crippen LogP contribution < -0.4 is 0 Å². The highest BCUT2D eigenvalue weighted by molar-refractivity contribution is 6.03. The summed E-state index contributed by atoms with van der Waals surface area (Å²) in [6.45, 7) is 0.148. The summed E-state index contributed by atoms with van der Waals surface area (Å²) in [5.74, 6) is -0.912. The van der Waals surface area contributed by atoms with Crippen molar-refractivity contribution in [2.75, 3.05) is 6.61 Å². The predicted molar refractivity (Wildman–Crippen MR) is 65.3 cm³/mol. The molecule has 2 N–H and O–H groups in total. The monoisotopic (exact) mass is 233 g/mol. The molecule has 0 saturated heterocycles. The van der Waals surface area contributed by atoms with E-state index >= 15 is 0 Å². The summed E-state index contributed by atoms with van der Waals surface area (Å²) in [6.07, 6.45) is 3.39. The van der Waals surface area contributed by atoms with Crippen LogP contribution in [0.1, 0.15) is 22.3 Å². The van der Waals surface area contributed by atoms with Gasteiger partial charge in [-0.3, -0.25) is 0 Å². The maximum atomic E-state index is 11.1. The molecule has 0 atom stereocenters. The number of carbonyl (C=O) groups is 1. The number of fused-ring (bicyclic) bond motifs is 1. The standard InChI is InChI=1S/C13H15NO3/c1-14-8-9(4-3-7-15)10-5-2-6-11(12(10)14)13(16)17/h2,5-6,8,15H,3-4,7H2,1H3,(H,16,17). The van der Waals surface area contributed by atoms with Gasteiger partial charge in [0.25, 0.3) is 0 Å². The molecule has 0 saturated carbocycles. The number of para-hydroxylation sites is 1. The van der Waals surface area contributed by atoms with E-state index in [4.69, 9.17) is 10.2 Å². The van der Waals surface area contributed by atoms with Crippen molar-refractivity contribution in [3.8, 4) is 0 Å². The number of aromatic nitrogens is 1. The fraction of sp³-hybridized carbons (Fsp3) is 0.308. The zero-order valence-corrected chi connectivity index (χ0v) is 9.68. The Kier molecular flexibility index (Phi) is 3.15.